The number of hydrogen-bond acceptors (Lipinski definition) is 2. The van der Waals surface area contributed by atoms with E-state index < -0.39 is 16.9 Å². The molecule has 2 spiro atoms. The van der Waals surface area contributed by atoms with E-state index in [-0.39, 0.29) is 35.3 Å². The Kier molecular flexibility index (Phi) is 8.09. The van der Waals surface area contributed by atoms with Gasteiger partial charge >= 0.3 is 0 Å². The Bertz CT molecular complexity index is 4760. The standard InChI is InChI=1S/C77H52N2/c1-75(2)64-33-15-9-26-54(64)60-43-41-52(46-70(60)75)79(73-39-21-32-63-59-31-14-20-38-69(59)77(74(63)73)67-36-18-12-27-55(67)56-28-13-19-37-68(56)77)53-42-45-62-58-30-11-17-35-66(58)76(72(62)48-53)65-34-16-10-29-57(65)61-44-40-51(47-71(61)76)78(49-22-5-3-6-23-49)50-24-7-4-8-25-50/h3-48H,1-2H3/i3D,5D,6D,22D,23D. The molecule has 0 aromatic heterocycles. The van der Waals surface area contributed by atoms with E-state index in [1.165, 1.54) is 66.8 Å². The third-order valence-electron chi connectivity index (χ3n) is 18.4. The van der Waals surface area contributed by atoms with Gasteiger partial charge in [0.15, 0.2) is 0 Å². The predicted molar refractivity (Wildman–Crippen MR) is 326 cm³/mol. The molecular formula is C77H52N2. The maximum absolute atomic E-state index is 9.37. The molecule has 0 fully saturated rings. The summed E-state index contributed by atoms with van der Waals surface area (Å²) < 4.78 is 45.1. The first-order valence-corrected chi connectivity index (χ1v) is 27.4. The summed E-state index contributed by atoms with van der Waals surface area (Å²) in [5.41, 5.74) is 27.0. The van der Waals surface area contributed by atoms with Gasteiger partial charge in [0.2, 0.25) is 0 Å². The first-order valence-electron chi connectivity index (χ1n) is 29.9. The number of benzene rings is 12. The topological polar surface area (TPSA) is 6.48 Å². The Labute approximate surface area is 468 Å². The molecule has 17 rings (SSSR count). The second kappa shape index (κ2) is 16.1. The molecule has 0 amide bonds. The van der Waals surface area contributed by atoms with Gasteiger partial charge in [0.05, 0.1) is 23.4 Å². The van der Waals surface area contributed by atoms with Crippen LogP contribution in [0.5, 0.6) is 0 Å². The first kappa shape index (κ1) is 39.6. The molecule has 0 aliphatic heterocycles. The van der Waals surface area contributed by atoms with Crippen molar-refractivity contribution in [3.8, 4) is 55.6 Å². The van der Waals surface area contributed by atoms with Crippen molar-refractivity contribution in [2.45, 2.75) is 30.1 Å². The molecule has 5 aliphatic carbocycles. The number of anilines is 6. The molecule has 79 heavy (non-hydrogen) atoms. The van der Waals surface area contributed by atoms with Crippen LogP contribution in [0, 0.1) is 0 Å². The molecule has 5 aliphatic rings. The Morgan fingerprint density at radius 3 is 1.14 bits per heavy atom. The Hall–Kier alpha value is -9.76. The van der Waals surface area contributed by atoms with E-state index in [0.717, 1.165) is 61.6 Å². The van der Waals surface area contributed by atoms with Crippen LogP contribution in [0.25, 0.3) is 55.6 Å². The minimum atomic E-state index is -0.849. The third kappa shape index (κ3) is 5.70. The van der Waals surface area contributed by atoms with Crippen LogP contribution in [0.1, 0.15) is 76.3 Å². The fourth-order valence-electron chi connectivity index (χ4n) is 15.3. The van der Waals surface area contributed by atoms with Gasteiger partial charge in [-0.2, -0.15) is 0 Å². The van der Waals surface area contributed by atoms with Crippen LogP contribution in [-0.2, 0) is 16.2 Å². The molecule has 0 radical (unpaired) electrons. The largest absolute Gasteiger partial charge is 0.310 e. The number of nitrogens with zero attached hydrogens (tertiary/aromatic N) is 2. The van der Waals surface area contributed by atoms with Crippen LogP contribution in [-0.4, -0.2) is 0 Å². The second-order valence-electron chi connectivity index (χ2n) is 22.3. The van der Waals surface area contributed by atoms with E-state index >= 15 is 0 Å². The van der Waals surface area contributed by atoms with E-state index in [1.807, 2.05) is 41.3 Å². The highest BCUT2D eigenvalue weighted by Gasteiger charge is 2.55. The minimum absolute atomic E-state index is 0.0882. The van der Waals surface area contributed by atoms with E-state index in [9.17, 15) is 2.74 Å². The van der Waals surface area contributed by atoms with Gasteiger partial charge in [-0.05, 0) is 172 Å². The van der Waals surface area contributed by atoms with Crippen molar-refractivity contribution in [2.24, 2.45) is 0 Å². The monoisotopic (exact) mass is 1010 g/mol. The van der Waals surface area contributed by atoms with Crippen molar-refractivity contribution >= 4 is 34.1 Å². The van der Waals surface area contributed by atoms with Gasteiger partial charge in [-0.1, -0.05) is 226 Å². The molecule has 2 heteroatoms. The summed E-state index contributed by atoms with van der Waals surface area (Å²) >= 11 is 0. The highest BCUT2D eigenvalue weighted by molar-refractivity contribution is 6.02. The van der Waals surface area contributed by atoms with E-state index in [4.69, 9.17) is 4.11 Å². The Balaban J connectivity index is 0.959. The maximum atomic E-state index is 9.37. The van der Waals surface area contributed by atoms with Crippen molar-refractivity contribution in [3.05, 3.63) is 335 Å². The lowest BCUT2D eigenvalue weighted by atomic mass is 9.69. The van der Waals surface area contributed by atoms with Gasteiger partial charge in [0, 0.05) is 39.4 Å². The summed E-state index contributed by atoms with van der Waals surface area (Å²) in [6, 6.07) is 89.2. The summed E-state index contributed by atoms with van der Waals surface area (Å²) in [4.78, 5) is 4.40. The summed E-state index contributed by atoms with van der Waals surface area (Å²) in [5, 5.41) is 0. The summed E-state index contributed by atoms with van der Waals surface area (Å²) in [6.45, 7) is 4.72. The van der Waals surface area contributed by atoms with Crippen LogP contribution in [0.3, 0.4) is 0 Å². The average molecular weight is 1010 g/mol. The van der Waals surface area contributed by atoms with Crippen molar-refractivity contribution < 1.29 is 6.85 Å². The normalized spacial score (nSPS) is 16.9. The quantitative estimate of drug-likeness (QED) is 0.164. The van der Waals surface area contributed by atoms with Gasteiger partial charge in [-0.3, -0.25) is 0 Å². The lowest BCUT2D eigenvalue weighted by Gasteiger charge is -2.37. The van der Waals surface area contributed by atoms with E-state index in [2.05, 4.69) is 231 Å². The fraction of sp³-hybridized carbons (Fsp3) is 0.0649. The number of para-hydroxylation sites is 2. The Morgan fingerprint density at radius 1 is 0.266 bits per heavy atom. The number of rotatable bonds is 6. The molecule has 0 saturated heterocycles. The Morgan fingerprint density at radius 2 is 0.633 bits per heavy atom. The average Bonchev–Trinajstić information content (AvgIpc) is 1.57. The van der Waals surface area contributed by atoms with Crippen molar-refractivity contribution in [1.29, 1.82) is 0 Å². The van der Waals surface area contributed by atoms with Crippen molar-refractivity contribution in [1.82, 2.24) is 0 Å². The van der Waals surface area contributed by atoms with Crippen LogP contribution >= 0.6 is 0 Å². The molecule has 1 unspecified atom stereocenters. The van der Waals surface area contributed by atoms with Crippen LogP contribution in [0.15, 0.2) is 279 Å². The fourth-order valence-corrected chi connectivity index (χ4v) is 15.3. The number of hydrogen-bond donors (Lipinski definition) is 0. The molecule has 2 nitrogen and oxygen atoms in total. The number of fused-ring (bicyclic) bond motifs is 23. The minimum Gasteiger partial charge on any atom is -0.310 e. The molecule has 1 atom stereocenters. The van der Waals surface area contributed by atoms with Gasteiger partial charge in [0.1, 0.15) is 0 Å². The maximum Gasteiger partial charge on any atom is 0.0746 e. The van der Waals surface area contributed by atoms with Crippen LogP contribution in [0.2, 0.25) is 0 Å². The van der Waals surface area contributed by atoms with Crippen molar-refractivity contribution in [2.75, 3.05) is 9.80 Å². The lowest BCUT2D eigenvalue weighted by Crippen LogP contribution is -2.29. The van der Waals surface area contributed by atoms with Gasteiger partial charge in [0.25, 0.3) is 0 Å². The molecule has 370 valence electrons. The zero-order chi connectivity index (χ0) is 56.5. The van der Waals surface area contributed by atoms with E-state index in [1.54, 1.807) is 0 Å². The predicted octanol–water partition coefficient (Wildman–Crippen LogP) is 19.6. The van der Waals surface area contributed by atoms with Crippen LogP contribution < -0.4 is 9.80 Å². The molecule has 0 saturated carbocycles. The first-order chi connectivity index (χ1) is 41.0. The smallest absolute Gasteiger partial charge is 0.0746 e. The van der Waals surface area contributed by atoms with Gasteiger partial charge in [-0.15, -0.1) is 0 Å². The van der Waals surface area contributed by atoms with Crippen molar-refractivity contribution in [3.63, 3.8) is 0 Å². The SMILES string of the molecule is [2H]c1c([2H])c([2H])c(N(c2ccccc2)c2ccc3c(c2)C2(c4ccccc4-c4ccc(N(c5ccc6c(c5)C(C)(C)c5ccccc5-6)c5cccc6c5C5(c7ccccc7-c7ccccc75)c5ccccc5-6)cc42)c2ccccc2-3)c([2H])c1[2H]. The molecule has 12 aromatic carbocycles. The van der Waals surface area contributed by atoms with Gasteiger partial charge < -0.3 is 9.80 Å². The third-order valence-corrected chi connectivity index (χ3v) is 18.4. The lowest BCUT2D eigenvalue weighted by molar-refractivity contribution is 0.660. The zero-order valence-electron chi connectivity index (χ0n) is 48.6. The molecular weight excluding hydrogens is 953 g/mol. The summed E-state index contributed by atoms with van der Waals surface area (Å²) in [7, 11) is 0. The highest BCUT2D eigenvalue weighted by Crippen LogP contribution is 2.67. The van der Waals surface area contributed by atoms with Gasteiger partial charge in [-0.25, -0.2) is 0 Å². The van der Waals surface area contributed by atoms with Crippen LogP contribution in [0.4, 0.5) is 34.1 Å². The molecule has 0 N–H and O–H groups in total. The molecule has 0 bridgehead atoms. The molecule has 12 aromatic rings. The van der Waals surface area contributed by atoms with E-state index in [0.29, 0.717) is 11.4 Å². The molecule has 0 heterocycles. The summed E-state index contributed by atoms with van der Waals surface area (Å²) in [6.07, 6.45) is 0. The zero-order valence-corrected chi connectivity index (χ0v) is 43.6. The second-order valence-corrected chi connectivity index (χ2v) is 22.3. The highest BCUT2D eigenvalue weighted by atomic mass is 15.2. The summed E-state index contributed by atoms with van der Waals surface area (Å²) in [5.74, 6) is 0.